The maximum Gasteiger partial charge on any atom is 0.126 e. The van der Waals surface area contributed by atoms with E-state index in [4.69, 9.17) is 0 Å². The van der Waals surface area contributed by atoms with Crippen molar-refractivity contribution in [1.29, 1.82) is 0 Å². The molecule has 0 radical (unpaired) electrons. The molecule has 3 rings (SSSR count). The van der Waals surface area contributed by atoms with E-state index in [0.717, 1.165) is 35.1 Å². The molecule has 0 atom stereocenters. The Morgan fingerprint density at radius 1 is 0.640 bits per heavy atom. The summed E-state index contributed by atoms with van der Waals surface area (Å²) in [5.41, 5.74) is 3.74. The fraction of sp³-hybridized carbons (Fsp3) is 0.182. The molecule has 0 amide bonds. The summed E-state index contributed by atoms with van der Waals surface area (Å²) in [4.78, 5) is 0. The summed E-state index contributed by atoms with van der Waals surface area (Å²) in [6.45, 7) is 0. The highest BCUT2D eigenvalue weighted by Gasteiger charge is 2.09. The van der Waals surface area contributed by atoms with Gasteiger partial charge in [-0.3, -0.25) is 0 Å². The number of aromatic hydroxyl groups is 2. The SMILES string of the molecule is Oc1cccc(CCc2cccc(F)c2CCc2cccc(O)c2)c1. The number of halogens is 1. The van der Waals surface area contributed by atoms with Gasteiger partial charge in [-0.05, 0) is 78.3 Å². The van der Waals surface area contributed by atoms with Crippen LogP contribution in [-0.2, 0) is 25.7 Å². The highest BCUT2D eigenvalue weighted by atomic mass is 19.1. The number of hydrogen-bond acceptors (Lipinski definition) is 2. The summed E-state index contributed by atoms with van der Waals surface area (Å²) in [6.07, 6.45) is 2.73. The third kappa shape index (κ3) is 4.60. The molecule has 3 heteroatoms. The van der Waals surface area contributed by atoms with Crippen LogP contribution in [0, 0.1) is 5.82 Å². The van der Waals surface area contributed by atoms with Gasteiger partial charge in [0.2, 0.25) is 0 Å². The number of hydrogen-bond donors (Lipinski definition) is 2. The smallest absolute Gasteiger partial charge is 0.126 e. The van der Waals surface area contributed by atoms with E-state index in [0.29, 0.717) is 12.8 Å². The van der Waals surface area contributed by atoms with Crippen molar-refractivity contribution in [3.8, 4) is 11.5 Å². The van der Waals surface area contributed by atoms with Crippen LogP contribution in [0.3, 0.4) is 0 Å². The molecule has 128 valence electrons. The largest absolute Gasteiger partial charge is 0.508 e. The lowest BCUT2D eigenvalue weighted by molar-refractivity contribution is 0.474. The molecule has 0 aliphatic rings. The first-order valence-electron chi connectivity index (χ1n) is 8.44. The second-order valence-corrected chi connectivity index (χ2v) is 6.22. The zero-order valence-electron chi connectivity index (χ0n) is 14.0. The second-order valence-electron chi connectivity index (χ2n) is 6.22. The molecule has 0 bridgehead atoms. The van der Waals surface area contributed by atoms with E-state index >= 15 is 0 Å². The number of aryl methyl sites for hydroxylation is 3. The van der Waals surface area contributed by atoms with E-state index in [9.17, 15) is 14.6 Å². The van der Waals surface area contributed by atoms with Gasteiger partial charge in [-0.1, -0.05) is 36.4 Å². The van der Waals surface area contributed by atoms with Crippen LogP contribution in [-0.4, -0.2) is 10.2 Å². The number of rotatable bonds is 6. The van der Waals surface area contributed by atoms with Crippen molar-refractivity contribution >= 4 is 0 Å². The first-order chi connectivity index (χ1) is 12.1. The van der Waals surface area contributed by atoms with E-state index in [1.165, 1.54) is 6.07 Å². The van der Waals surface area contributed by atoms with Gasteiger partial charge in [0, 0.05) is 0 Å². The maximum absolute atomic E-state index is 14.3. The van der Waals surface area contributed by atoms with Gasteiger partial charge in [0.25, 0.3) is 0 Å². The van der Waals surface area contributed by atoms with Gasteiger partial charge in [-0.2, -0.15) is 0 Å². The quantitative estimate of drug-likeness (QED) is 0.678. The minimum Gasteiger partial charge on any atom is -0.508 e. The predicted molar refractivity (Wildman–Crippen MR) is 97.4 cm³/mol. The summed E-state index contributed by atoms with van der Waals surface area (Å²) in [5.74, 6) is 0.296. The molecular formula is C22H21FO2. The Morgan fingerprint density at radius 2 is 1.20 bits per heavy atom. The highest BCUT2D eigenvalue weighted by Crippen LogP contribution is 2.21. The normalized spacial score (nSPS) is 10.8. The average molecular weight is 336 g/mol. The van der Waals surface area contributed by atoms with Crippen LogP contribution >= 0.6 is 0 Å². The van der Waals surface area contributed by atoms with E-state index in [-0.39, 0.29) is 17.3 Å². The molecule has 0 unspecified atom stereocenters. The molecule has 0 fully saturated rings. The summed E-state index contributed by atoms with van der Waals surface area (Å²) in [7, 11) is 0. The van der Waals surface area contributed by atoms with Crippen molar-refractivity contribution in [3.05, 3.63) is 94.8 Å². The van der Waals surface area contributed by atoms with E-state index in [1.54, 1.807) is 36.4 Å². The van der Waals surface area contributed by atoms with Crippen LogP contribution < -0.4 is 0 Å². The minimum absolute atomic E-state index is 0.187. The number of phenolic OH excluding ortho intramolecular Hbond substituents is 2. The molecular weight excluding hydrogens is 315 g/mol. The molecule has 2 nitrogen and oxygen atoms in total. The van der Waals surface area contributed by atoms with Crippen LogP contribution in [0.2, 0.25) is 0 Å². The molecule has 0 aliphatic heterocycles. The Balaban J connectivity index is 1.73. The van der Waals surface area contributed by atoms with Crippen LogP contribution in [0.4, 0.5) is 4.39 Å². The standard InChI is InChI=1S/C22H21FO2/c23-22-9-3-6-18(12-10-16-4-1-7-19(24)14-16)21(22)13-11-17-5-2-8-20(25)15-17/h1-9,14-15,24-25H,10-13H2. The number of benzene rings is 3. The molecule has 3 aromatic rings. The van der Waals surface area contributed by atoms with Gasteiger partial charge in [-0.15, -0.1) is 0 Å². The van der Waals surface area contributed by atoms with Crippen molar-refractivity contribution in [3.63, 3.8) is 0 Å². The molecule has 2 N–H and O–H groups in total. The van der Waals surface area contributed by atoms with Crippen LogP contribution in [0.5, 0.6) is 11.5 Å². The topological polar surface area (TPSA) is 40.5 Å². The second kappa shape index (κ2) is 7.84. The Labute approximate surface area is 147 Å². The van der Waals surface area contributed by atoms with Gasteiger partial charge in [-0.25, -0.2) is 4.39 Å². The maximum atomic E-state index is 14.3. The lowest BCUT2D eigenvalue weighted by Crippen LogP contribution is -2.02. The fourth-order valence-electron chi connectivity index (χ4n) is 3.09. The predicted octanol–water partition coefficient (Wildman–Crippen LogP) is 4.81. The Hall–Kier alpha value is -2.81. The monoisotopic (exact) mass is 336 g/mol. The molecule has 0 heterocycles. The average Bonchev–Trinajstić information content (AvgIpc) is 2.59. The first kappa shape index (κ1) is 17.0. The lowest BCUT2D eigenvalue weighted by Gasteiger charge is -2.11. The lowest BCUT2D eigenvalue weighted by atomic mass is 9.95. The zero-order valence-corrected chi connectivity index (χ0v) is 14.0. The van der Waals surface area contributed by atoms with Crippen molar-refractivity contribution in [1.82, 2.24) is 0 Å². The fourth-order valence-corrected chi connectivity index (χ4v) is 3.09. The van der Waals surface area contributed by atoms with Crippen LogP contribution in [0.1, 0.15) is 22.3 Å². The van der Waals surface area contributed by atoms with E-state index in [2.05, 4.69) is 0 Å². The van der Waals surface area contributed by atoms with Crippen molar-refractivity contribution in [2.24, 2.45) is 0 Å². The summed E-state index contributed by atoms with van der Waals surface area (Å²) in [5, 5.41) is 19.1. The Bertz CT molecular complexity index is 858. The van der Waals surface area contributed by atoms with E-state index in [1.807, 2.05) is 24.3 Å². The van der Waals surface area contributed by atoms with Crippen molar-refractivity contribution in [2.75, 3.05) is 0 Å². The third-order valence-corrected chi connectivity index (χ3v) is 4.38. The Morgan fingerprint density at radius 3 is 1.80 bits per heavy atom. The first-order valence-corrected chi connectivity index (χ1v) is 8.44. The third-order valence-electron chi connectivity index (χ3n) is 4.38. The molecule has 3 aromatic carbocycles. The van der Waals surface area contributed by atoms with Crippen LogP contribution in [0.25, 0.3) is 0 Å². The summed E-state index contributed by atoms with van der Waals surface area (Å²) in [6, 6.07) is 19.5. The van der Waals surface area contributed by atoms with E-state index < -0.39 is 0 Å². The zero-order chi connectivity index (χ0) is 17.6. The molecule has 25 heavy (non-hydrogen) atoms. The molecule has 0 spiro atoms. The molecule has 0 aliphatic carbocycles. The van der Waals surface area contributed by atoms with Gasteiger partial charge in [0.1, 0.15) is 17.3 Å². The van der Waals surface area contributed by atoms with Gasteiger partial charge < -0.3 is 10.2 Å². The summed E-state index contributed by atoms with van der Waals surface area (Å²) < 4.78 is 14.3. The molecule has 0 aromatic heterocycles. The van der Waals surface area contributed by atoms with Gasteiger partial charge >= 0.3 is 0 Å². The van der Waals surface area contributed by atoms with Crippen molar-refractivity contribution in [2.45, 2.75) is 25.7 Å². The highest BCUT2D eigenvalue weighted by molar-refractivity contribution is 5.34. The number of phenols is 2. The van der Waals surface area contributed by atoms with Gasteiger partial charge in [0.05, 0.1) is 0 Å². The molecule has 0 saturated heterocycles. The minimum atomic E-state index is -0.187. The molecule has 0 saturated carbocycles. The Kier molecular flexibility index (Phi) is 5.34. The van der Waals surface area contributed by atoms with Crippen LogP contribution in [0.15, 0.2) is 66.7 Å². The van der Waals surface area contributed by atoms with Crippen molar-refractivity contribution < 1.29 is 14.6 Å². The van der Waals surface area contributed by atoms with Gasteiger partial charge in [0.15, 0.2) is 0 Å². The summed E-state index contributed by atoms with van der Waals surface area (Å²) >= 11 is 0.